The number of nitrogens with zero attached hydrogens (tertiary/aromatic N) is 2. The zero-order valence-electron chi connectivity index (χ0n) is 16.5. The zero-order chi connectivity index (χ0) is 18.8. The van der Waals surface area contributed by atoms with Gasteiger partial charge in [-0.2, -0.15) is 0 Å². The van der Waals surface area contributed by atoms with Gasteiger partial charge in [-0.25, -0.2) is 0 Å². The van der Waals surface area contributed by atoms with Crippen LogP contribution in [0.15, 0.2) is 67.0 Å². The van der Waals surface area contributed by atoms with E-state index in [1.165, 1.54) is 16.7 Å². The van der Waals surface area contributed by atoms with Crippen LogP contribution in [-0.4, -0.2) is 9.97 Å². The Balaban J connectivity index is 1.81. The summed E-state index contributed by atoms with van der Waals surface area (Å²) in [6, 6.07) is 19.3. The molecule has 0 N–H and O–H groups in total. The van der Waals surface area contributed by atoms with E-state index in [0.29, 0.717) is 0 Å². The minimum absolute atomic E-state index is 0.0557. The van der Waals surface area contributed by atoms with Gasteiger partial charge in [0.25, 0.3) is 0 Å². The van der Waals surface area contributed by atoms with E-state index in [4.69, 9.17) is 4.98 Å². The molecular weight excluding hydrogens is 316 g/mol. The first-order valence-corrected chi connectivity index (χ1v) is 9.23. The van der Waals surface area contributed by atoms with E-state index in [1.54, 1.807) is 0 Å². The van der Waals surface area contributed by atoms with Gasteiger partial charge in [-0.1, -0.05) is 71.0 Å². The summed E-state index contributed by atoms with van der Waals surface area (Å²) in [6.45, 7) is 11.1. The van der Waals surface area contributed by atoms with Gasteiger partial charge in [-0.05, 0) is 41.2 Å². The summed E-state index contributed by atoms with van der Waals surface area (Å²) in [5.74, 6) is 0. The van der Waals surface area contributed by atoms with Crippen molar-refractivity contribution in [3.05, 3.63) is 83.8 Å². The van der Waals surface area contributed by atoms with Crippen LogP contribution in [0.4, 0.5) is 0 Å². The summed E-state index contributed by atoms with van der Waals surface area (Å²) in [5.41, 5.74) is 6.04. The molecule has 1 aromatic carbocycles. The van der Waals surface area contributed by atoms with Crippen LogP contribution >= 0.6 is 0 Å². The second-order valence-corrected chi connectivity index (χ2v) is 8.66. The Hall–Kier alpha value is -2.48. The molecule has 2 heteroatoms. The Morgan fingerprint density at radius 1 is 0.808 bits per heavy atom. The molecular formula is C24H28N2. The SMILES string of the molecule is CC(C)(C)c1cccc(-c2ccc(CC(C)(C)c3cccnc3)cc2)n1. The van der Waals surface area contributed by atoms with Gasteiger partial charge in [0.2, 0.25) is 0 Å². The van der Waals surface area contributed by atoms with Crippen LogP contribution in [-0.2, 0) is 17.3 Å². The third kappa shape index (κ3) is 4.19. The predicted molar refractivity (Wildman–Crippen MR) is 109 cm³/mol. The molecule has 26 heavy (non-hydrogen) atoms. The van der Waals surface area contributed by atoms with Gasteiger partial charge >= 0.3 is 0 Å². The lowest BCUT2D eigenvalue weighted by molar-refractivity contribution is 0.520. The maximum atomic E-state index is 4.86. The number of pyridine rings is 2. The van der Waals surface area contributed by atoms with Crippen molar-refractivity contribution in [1.82, 2.24) is 9.97 Å². The number of hydrogen-bond donors (Lipinski definition) is 0. The van der Waals surface area contributed by atoms with Crippen molar-refractivity contribution in [3.8, 4) is 11.3 Å². The van der Waals surface area contributed by atoms with Crippen LogP contribution in [0.1, 0.15) is 51.4 Å². The molecule has 3 rings (SSSR count). The first kappa shape index (κ1) is 18.3. The Kier molecular flexibility index (Phi) is 4.95. The fourth-order valence-corrected chi connectivity index (χ4v) is 3.18. The van der Waals surface area contributed by atoms with Crippen LogP contribution in [0.5, 0.6) is 0 Å². The van der Waals surface area contributed by atoms with Crippen molar-refractivity contribution in [1.29, 1.82) is 0 Å². The van der Waals surface area contributed by atoms with Gasteiger partial charge in [-0.15, -0.1) is 0 Å². The van der Waals surface area contributed by atoms with Gasteiger partial charge in [0.1, 0.15) is 0 Å². The highest BCUT2D eigenvalue weighted by Gasteiger charge is 2.21. The predicted octanol–water partition coefficient (Wildman–Crippen LogP) is 5.96. The third-order valence-corrected chi connectivity index (χ3v) is 4.86. The van der Waals surface area contributed by atoms with E-state index in [0.717, 1.165) is 17.8 Å². The molecule has 3 aromatic rings. The van der Waals surface area contributed by atoms with E-state index in [2.05, 4.69) is 88.1 Å². The van der Waals surface area contributed by atoms with Crippen molar-refractivity contribution in [2.24, 2.45) is 0 Å². The Morgan fingerprint density at radius 2 is 1.54 bits per heavy atom. The summed E-state index contributed by atoms with van der Waals surface area (Å²) in [7, 11) is 0. The van der Waals surface area contributed by atoms with E-state index >= 15 is 0 Å². The van der Waals surface area contributed by atoms with Crippen molar-refractivity contribution in [3.63, 3.8) is 0 Å². The molecule has 0 amide bonds. The van der Waals surface area contributed by atoms with E-state index in [1.807, 2.05) is 18.5 Å². The summed E-state index contributed by atoms with van der Waals surface area (Å²) in [5, 5.41) is 0. The number of benzene rings is 1. The lowest BCUT2D eigenvalue weighted by Gasteiger charge is -2.25. The molecule has 0 aliphatic carbocycles. The first-order valence-electron chi connectivity index (χ1n) is 9.23. The van der Waals surface area contributed by atoms with E-state index in [9.17, 15) is 0 Å². The van der Waals surface area contributed by atoms with Crippen molar-refractivity contribution in [2.75, 3.05) is 0 Å². The molecule has 0 saturated heterocycles. The largest absolute Gasteiger partial charge is 0.264 e. The Morgan fingerprint density at radius 3 is 2.15 bits per heavy atom. The standard InChI is InChI=1S/C24H28N2/c1-23(2,3)22-10-6-9-21(26-22)19-13-11-18(12-14-19)16-24(4,5)20-8-7-15-25-17-20/h6-15,17H,16H2,1-5H3. The van der Waals surface area contributed by atoms with Crippen LogP contribution in [0.25, 0.3) is 11.3 Å². The molecule has 134 valence electrons. The highest BCUT2D eigenvalue weighted by molar-refractivity contribution is 5.59. The molecule has 0 radical (unpaired) electrons. The van der Waals surface area contributed by atoms with E-state index in [-0.39, 0.29) is 10.8 Å². The molecule has 2 nitrogen and oxygen atoms in total. The fourth-order valence-electron chi connectivity index (χ4n) is 3.18. The molecule has 0 bridgehead atoms. The fraction of sp³-hybridized carbons (Fsp3) is 0.333. The average molecular weight is 345 g/mol. The number of rotatable bonds is 4. The van der Waals surface area contributed by atoms with Crippen molar-refractivity contribution >= 4 is 0 Å². The van der Waals surface area contributed by atoms with Gasteiger partial charge in [0.05, 0.1) is 5.69 Å². The minimum atomic E-state index is 0.0557. The smallest absolute Gasteiger partial charge is 0.0705 e. The summed E-state index contributed by atoms with van der Waals surface area (Å²) in [6.07, 6.45) is 4.78. The Labute approximate surface area is 157 Å². The molecule has 0 aliphatic rings. The van der Waals surface area contributed by atoms with Gasteiger partial charge < -0.3 is 0 Å². The number of aromatic nitrogens is 2. The second kappa shape index (κ2) is 7.03. The molecule has 2 aromatic heterocycles. The maximum Gasteiger partial charge on any atom is 0.0705 e. The van der Waals surface area contributed by atoms with Crippen LogP contribution in [0, 0.1) is 0 Å². The highest BCUT2D eigenvalue weighted by Crippen LogP contribution is 2.29. The molecule has 0 saturated carbocycles. The quantitative estimate of drug-likeness (QED) is 0.583. The monoisotopic (exact) mass is 344 g/mol. The summed E-state index contributed by atoms with van der Waals surface area (Å²) >= 11 is 0. The van der Waals surface area contributed by atoms with E-state index < -0.39 is 0 Å². The molecule has 0 aliphatic heterocycles. The van der Waals surface area contributed by atoms with Gasteiger partial charge in [-0.3, -0.25) is 9.97 Å². The first-order chi connectivity index (χ1) is 12.3. The Bertz CT molecular complexity index is 857. The highest BCUT2D eigenvalue weighted by atomic mass is 14.7. The lowest BCUT2D eigenvalue weighted by atomic mass is 9.80. The van der Waals surface area contributed by atoms with Crippen LogP contribution in [0.3, 0.4) is 0 Å². The lowest BCUT2D eigenvalue weighted by Crippen LogP contribution is -2.20. The summed E-state index contributed by atoms with van der Waals surface area (Å²) in [4.78, 5) is 9.12. The molecule has 0 unspecified atom stereocenters. The van der Waals surface area contributed by atoms with Gasteiger partial charge in [0.15, 0.2) is 0 Å². The molecule has 0 spiro atoms. The average Bonchev–Trinajstić information content (AvgIpc) is 2.62. The second-order valence-electron chi connectivity index (χ2n) is 8.66. The van der Waals surface area contributed by atoms with Gasteiger partial charge in [0, 0.05) is 29.1 Å². The third-order valence-electron chi connectivity index (χ3n) is 4.86. The number of hydrogen-bond acceptors (Lipinski definition) is 2. The normalized spacial score (nSPS) is 12.2. The van der Waals surface area contributed by atoms with Crippen molar-refractivity contribution < 1.29 is 0 Å². The maximum absolute atomic E-state index is 4.86. The topological polar surface area (TPSA) is 25.8 Å². The van der Waals surface area contributed by atoms with Crippen molar-refractivity contribution in [2.45, 2.75) is 51.9 Å². The summed E-state index contributed by atoms with van der Waals surface area (Å²) < 4.78 is 0. The molecule has 0 atom stereocenters. The van der Waals surface area contributed by atoms with Crippen LogP contribution in [0.2, 0.25) is 0 Å². The molecule has 2 heterocycles. The molecule has 0 fully saturated rings. The minimum Gasteiger partial charge on any atom is -0.264 e. The zero-order valence-corrected chi connectivity index (χ0v) is 16.5. The van der Waals surface area contributed by atoms with Crippen LogP contribution < -0.4 is 0 Å².